The van der Waals surface area contributed by atoms with E-state index in [2.05, 4.69) is 113 Å². The van der Waals surface area contributed by atoms with Gasteiger partial charge in [-0.15, -0.1) is 6.58 Å². The summed E-state index contributed by atoms with van der Waals surface area (Å²) in [7, 11) is 0. The molecule has 0 aliphatic carbocycles. The Labute approximate surface area is 354 Å². The van der Waals surface area contributed by atoms with Crippen molar-refractivity contribution in [3.63, 3.8) is 0 Å². The minimum atomic E-state index is -0.00241. The number of allylic oxidation sites excluding steroid dienone is 1. The second-order valence-corrected chi connectivity index (χ2v) is 17.6. The van der Waals surface area contributed by atoms with Gasteiger partial charge in [0.25, 0.3) is 0 Å². The normalized spacial score (nSPS) is 19.6. The van der Waals surface area contributed by atoms with E-state index in [0.717, 1.165) is 101 Å². The minimum Gasteiger partial charge on any atom is -0.379 e. The fourth-order valence-electron chi connectivity index (χ4n) is 9.26. The van der Waals surface area contributed by atoms with Crippen molar-refractivity contribution in [2.75, 3.05) is 55.2 Å². The first-order chi connectivity index (χ1) is 27.8. The van der Waals surface area contributed by atoms with Gasteiger partial charge in [-0.1, -0.05) is 67.3 Å². The molecule has 8 rings (SSSR count). The quantitative estimate of drug-likeness (QED) is 0.227. The average Bonchev–Trinajstić information content (AvgIpc) is 3.20. The fraction of sp³-hybridized carbons (Fsp3) is 0.438. The maximum atomic E-state index is 11.5. The molecule has 2 spiro atoms. The summed E-state index contributed by atoms with van der Waals surface area (Å²) in [5.41, 5.74) is 8.72. The Morgan fingerprint density at radius 1 is 0.707 bits per heavy atom. The number of likely N-dealkylation sites (tertiary alicyclic amines) is 3. The van der Waals surface area contributed by atoms with Crippen LogP contribution in [0.2, 0.25) is 0 Å². The standard InChI is InChI=1S/C16H21BrN2O.2C16H20N2O/c1-3-8-16(9-11-19(12-10-16)13(2)20)18-15-7-5-4-6-14(15)17;2*1-12-11-16(7-9-18(10-8-16)13(2)19)17-15-6-4-3-5-14(12)15/h3-7,18H,1,8-12H2,2H3;3-6,11,17H,7-10H2,1-2H3;3-6,17H,1,7-11H2,2H3. The number of piperidine rings is 3. The van der Waals surface area contributed by atoms with Crippen molar-refractivity contribution in [3.05, 3.63) is 114 Å². The molecule has 3 N–H and O–H groups in total. The summed E-state index contributed by atoms with van der Waals surface area (Å²) < 4.78 is 1.07. The van der Waals surface area contributed by atoms with Crippen LogP contribution in [0.25, 0.3) is 11.1 Å². The van der Waals surface area contributed by atoms with Gasteiger partial charge in [-0.3, -0.25) is 14.4 Å². The Morgan fingerprint density at radius 3 is 1.74 bits per heavy atom. The van der Waals surface area contributed by atoms with Crippen LogP contribution >= 0.6 is 15.9 Å². The molecule has 9 nitrogen and oxygen atoms in total. The van der Waals surface area contributed by atoms with Crippen molar-refractivity contribution in [3.8, 4) is 0 Å². The monoisotopic (exact) mass is 848 g/mol. The van der Waals surface area contributed by atoms with Crippen LogP contribution in [-0.2, 0) is 14.4 Å². The van der Waals surface area contributed by atoms with Crippen molar-refractivity contribution in [1.82, 2.24) is 14.7 Å². The second-order valence-electron chi connectivity index (χ2n) is 16.8. The summed E-state index contributed by atoms with van der Waals surface area (Å²) in [4.78, 5) is 40.1. The van der Waals surface area contributed by atoms with Crippen molar-refractivity contribution >= 4 is 61.9 Å². The smallest absolute Gasteiger partial charge is 0.219 e. The van der Waals surface area contributed by atoms with Gasteiger partial charge in [0, 0.05) is 104 Å². The molecule has 58 heavy (non-hydrogen) atoms. The van der Waals surface area contributed by atoms with E-state index in [4.69, 9.17) is 0 Å². The molecule has 3 fully saturated rings. The van der Waals surface area contributed by atoms with E-state index >= 15 is 0 Å². The van der Waals surface area contributed by atoms with Gasteiger partial charge in [0.05, 0.1) is 5.54 Å². The minimum absolute atomic E-state index is 0.00241. The first kappa shape index (κ1) is 42.8. The van der Waals surface area contributed by atoms with Crippen molar-refractivity contribution < 1.29 is 14.4 Å². The van der Waals surface area contributed by atoms with E-state index in [1.54, 1.807) is 20.8 Å². The van der Waals surface area contributed by atoms with Crippen LogP contribution in [0.4, 0.5) is 17.1 Å². The number of nitrogens with zero attached hydrogens (tertiary/aromatic N) is 3. The summed E-state index contributed by atoms with van der Waals surface area (Å²) >= 11 is 3.58. The second kappa shape index (κ2) is 18.4. The molecule has 5 heterocycles. The Morgan fingerprint density at radius 2 is 1.19 bits per heavy atom. The van der Waals surface area contributed by atoms with E-state index in [0.29, 0.717) is 0 Å². The lowest BCUT2D eigenvalue weighted by Gasteiger charge is -2.46. The topological polar surface area (TPSA) is 97.0 Å². The molecule has 0 bridgehead atoms. The molecule has 3 aromatic rings. The largest absolute Gasteiger partial charge is 0.379 e. The number of hydrogen-bond donors (Lipinski definition) is 3. The molecular weight excluding hydrogens is 788 g/mol. The van der Waals surface area contributed by atoms with Crippen LogP contribution < -0.4 is 16.0 Å². The zero-order valence-electron chi connectivity index (χ0n) is 34.8. The number of amides is 3. The Hall–Kier alpha value is -4.83. The first-order valence-electron chi connectivity index (χ1n) is 20.8. The summed E-state index contributed by atoms with van der Waals surface area (Å²) in [6.45, 7) is 20.2. The van der Waals surface area contributed by atoms with Crippen molar-refractivity contribution in [1.29, 1.82) is 0 Å². The lowest BCUT2D eigenvalue weighted by Crippen LogP contribution is -2.51. The number of nitrogens with one attached hydrogen (secondary N) is 3. The molecular formula is C48H61BrN6O3. The number of para-hydroxylation sites is 3. The van der Waals surface area contributed by atoms with Crippen LogP contribution in [0, 0.1) is 0 Å². The van der Waals surface area contributed by atoms with Gasteiger partial charge in [0.15, 0.2) is 0 Å². The van der Waals surface area contributed by atoms with Gasteiger partial charge in [-0.05, 0) is 110 Å². The molecule has 3 amide bonds. The van der Waals surface area contributed by atoms with Gasteiger partial charge in [0.1, 0.15) is 0 Å². The van der Waals surface area contributed by atoms with Gasteiger partial charge < -0.3 is 30.7 Å². The zero-order valence-corrected chi connectivity index (χ0v) is 36.4. The molecule has 3 aromatic carbocycles. The maximum absolute atomic E-state index is 11.5. The first-order valence-corrected chi connectivity index (χ1v) is 21.6. The number of fused-ring (bicyclic) bond motifs is 2. The van der Waals surface area contributed by atoms with Crippen LogP contribution in [0.1, 0.15) is 90.2 Å². The molecule has 5 aliphatic rings. The number of anilines is 3. The van der Waals surface area contributed by atoms with Crippen LogP contribution in [0.3, 0.4) is 0 Å². The predicted molar refractivity (Wildman–Crippen MR) is 243 cm³/mol. The van der Waals surface area contributed by atoms with E-state index < -0.39 is 0 Å². The van der Waals surface area contributed by atoms with Gasteiger partial charge >= 0.3 is 0 Å². The van der Waals surface area contributed by atoms with E-state index in [9.17, 15) is 14.4 Å². The van der Waals surface area contributed by atoms with E-state index in [1.165, 1.54) is 33.6 Å². The van der Waals surface area contributed by atoms with Gasteiger partial charge in [-0.2, -0.15) is 0 Å². The molecule has 0 aromatic heterocycles. The summed E-state index contributed by atoms with van der Waals surface area (Å²) in [6.07, 6.45) is 12.1. The highest BCUT2D eigenvalue weighted by molar-refractivity contribution is 9.10. The summed E-state index contributed by atoms with van der Waals surface area (Å²) in [5, 5.41) is 11.1. The SMILES string of the molecule is C=C1CC2(CCN(C(C)=O)CC2)Nc2ccccc21.C=CCC1(Nc2ccccc2Br)CCN(C(C)=O)CC1.CC(=O)N1CCC2(C=C(C)c3ccccc3N2)CC1. The summed E-state index contributed by atoms with van der Waals surface area (Å²) in [6, 6.07) is 25.0. The van der Waals surface area contributed by atoms with Crippen LogP contribution in [0.15, 0.2) is 103 Å². The molecule has 0 unspecified atom stereocenters. The molecule has 308 valence electrons. The average molecular weight is 850 g/mol. The number of hydrogen-bond acceptors (Lipinski definition) is 6. The molecule has 0 saturated carbocycles. The third-order valence-corrected chi connectivity index (χ3v) is 13.4. The molecule has 0 atom stereocenters. The molecule has 0 radical (unpaired) electrons. The Kier molecular flexibility index (Phi) is 13.6. The third kappa shape index (κ3) is 10.1. The lowest BCUT2D eigenvalue weighted by atomic mass is 9.77. The highest BCUT2D eigenvalue weighted by Crippen LogP contribution is 2.43. The van der Waals surface area contributed by atoms with Gasteiger partial charge in [-0.25, -0.2) is 0 Å². The van der Waals surface area contributed by atoms with Crippen molar-refractivity contribution in [2.24, 2.45) is 0 Å². The third-order valence-electron chi connectivity index (χ3n) is 12.7. The predicted octanol–water partition coefficient (Wildman–Crippen LogP) is 9.61. The van der Waals surface area contributed by atoms with Crippen molar-refractivity contribution in [2.45, 2.75) is 95.7 Å². The number of benzene rings is 3. The summed E-state index contributed by atoms with van der Waals surface area (Å²) in [5.74, 6) is 0.537. The number of halogens is 1. The lowest BCUT2D eigenvalue weighted by molar-refractivity contribution is -0.131. The van der Waals surface area contributed by atoms with E-state index in [1.807, 2.05) is 39.0 Å². The maximum Gasteiger partial charge on any atom is 0.219 e. The number of carbonyl (C=O) groups excluding carboxylic acids is 3. The molecule has 10 heteroatoms. The Balaban J connectivity index is 0.000000147. The highest BCUT2D eigenvalue weighted by atomic mass is 79.9. The zero-order chi connectivity index (χ0) is 41.5. The van der Waals surface area contributed by atoms with Crippen LogP contribution in [0.5, 0.6) is 0 Å². The van der Waals surface area contributed by atoms with E-state index in [-0.39, 0.29) is 34.3 Å². The van der Waals surface area contributed by atoms with Crippen LogP contribution in [-0.4, -0.2) is 88.3 Å². The molecule has 5 aliphatic heterocycles. The number of rotatable bonds is 4. The van der Waals surface area contributed by atoms with Gasteiger partial charge in [0.2, 0.25) is 17.7 Å². The Bertz CT molecular complexity index is 2010. The molecule has 3 saturated heterocycles. The highest BCUT2D eigenvalue weighted by Gasteiger charge is 2.39. The number of carbonyl (C=O) groups is 3. The fourth-order valence-corrected chi connectivity index (χ4v) is 9.65.